The van der Waals surface area contributed by atoms with E-state index in [1.54, 1.807) is 13.2 Å². The molecule has 108 valence electrons. The van der Waals surface area contributed by atoms with Crippen LogP contribution in [0.5, 0.6) is 0 Å². The molecule has 0 unspecified atom stereocenters. The number of anilines is 1. The molecular formula is C13H22ClN3O2. The van der Waals surface area contributed by atoms with Gasteiger partial charge in [-0.1, -0.05) is 11.6 Å². The van der Waals surface area contributed by atoms with Crippen molar-refractivity contribution >= 4 is 17.4 Å². The molecule has 19 heavy (non-hydrogen) atoms. The van der Waals surface area contributed by atoms with Gasteiger partial charge in [0.15, 0.2) is 5.82 Å². The molecule has 1 aromatic rings. The third kappa shape index (κ3) is 7.30. The molecule has 5 nitrogen and oxygen atoms in total. The third-order valence-corrected chi connectivity index (χ3v) is 2.54. The lowest BCUT2D eigenvalue weighted by Crippen LogP contribution is -2.09. The quantitative estimate of drug-likeness (QED) is 0.559. The molecule has 0 aliphatic rings. The number of nitrogens with one attached hydrogen (secondary N) is 1. The maximum absolute atomic E-state index is 5.92. The summed E-state index contributed by atoms with van der Waals surface area (Å²) in [5, 5.41) is 3.65. The van der Waals surface area contributed by atoms with Crippen LogP contribution in [0.4, 0.5) is 5.82 Å². The Hall–Kier alpha value is -0.910. The molecule has 0 aromatic carbocycles. The number of methoxy groups -OCH3 is 1. The van der Waals surface area contributed by atoms with Crippen molar-refractivity contribution < 1.29 is 9.47 Å². The van der Waals surface area contributed by atoms with E-state index in [-0.39, 0.29) is 0 Å². The zero-order valence-electron chi connectivity index (χ0n) is 11.8. The van der Waals surface area contributed by atoms with Crippen LogP contribution in [0.3, 0.4) is 0 Å². The van der Waals surface area contributed by atoms with Crippen molar-refractivity contribution in [3.8, 4) is 0 Å². The molecule has 0 radical (unpaired) electrons. The standard InChI is InChI=1S/C13H22ClN3O2/c1-10(2)19-7-5-4-6-15-12-8-11(14)16-13(17-12)9-18-3/h8,10H,4-7,9H2,1-3H3,(H,15,16,17). The van der Waals surface area contributed by atoms with E-state index in [1.807, 2.05) is 13.8 Å². The average molecular weight is 288 g/mol. The normalized spacial score (nSPS) is 11.0. The maximum atomic E-state index is 5.92. The number of hydrogen-bond acceptors (Lipinski definition) is 5. The van der Waals surface area contributed by atoms with E-state index in [2.05, 4.69) is 15.3 Å². The molecule has 0 atom stereocenters. The lowest BCUT2D eigenvalue weighted by molar-refractivity contribution is 0.0765. The second-order valence-corrected chi connectivity index (χ2v) is 4.87. The summed E-state index contributed by atoms with van der Waals surface area (Å²) in [6.07, 6.45) is 2.34. The van der Waals surface area contributed by atoms with Crippen molar-refractivity contribution in [1.29, 1.82) is 0 Å². The Balaban J connectivity index is 2.28. The van der Waals surface area contributed by atoms with Gasteiger partial charge in [-0.05, 0) is 26.7 Å². The van der Waals surface area contributed by atoms with E-state index in [4.69, 9.17) is 21.1 Å². The molecule has 0 fully saturated rings. The lowest BCUT2D eigenvalue weighted by Gasteiger charge is -2.09. The summed E-state index contributed by atoms with van der Waals surface area (Å²) in [5.74, 6) is 1.32. The van der Waals surface area contributed by atoms with Crippen molar-refractivity contribution in [3.63, 3.8) is 0 Å². The molecule has 1 heterocycles. The largest absolute Gasteiger partial charge is 0.379 e. The van der Waals surface area contributed by atoms with Crippen LogP contribution in [-0.2, 0) is 16.1 Å². The minimum Gasteiger partial charge on any atom is -0.379 e. The highest BCUT2D eigenvalue weighted by Gasteiger charge is 2.02. The van der Waals surface area contributed by atoms with Gasteiger partial charge in [0.05, 0.1) is 6.10 Å². The summed E-state index contributed by atoms with van der Waals surface area (Å²) in [6.45, 7) is 6.06. The average Bonchev–Trinajstić information content (AvgIpc) is 2.33. The van der Waals surface area contributed by atoms with E-state index in [9.17, 15) is 0 Å². The fourth-order valence-electron chi connectivity index (χ4n) is 1.51. The molecule has 6 heteroatoms. The fraction of sp³-hybridized carbons (Fsp3) is 0.692. The lowest BCUT2D eigenvalue weighted by atomic mass is 10.3. The molecule has 0 bridgehead atoms. The first-order valence-electron chi connectivity index (χ1n) is 6.49. The van der Waals surface area contributed by atoms with Gasteiger partial charge in [0.25, 0.3) is 0 Å². The number of ether oxygens (including phenoxy) is 2. The number of hydrogen-bond donors (Lipinski definition) is 1. The Kier molecular flexibility index (Phi) is 7.70. The molecule has 0 saturated carbocycles. The van der Waals surface area contributed by atoms with Crippen LogP contribution in [-0.4, -0.2) is 36.3 Å². The number of nitrogens with zero attached hydrogens (tertiary/aromatic N) is 2. The molecule has 1 aromatic heterocycles. The van der Waals surface area contributed by atoms with Gasteiger partial charge in [-0.15, -0.1) is 0 Å². The monoisotopic (exact) mass is 287 g/mol. The van der Waals surface area contributed by atoms with Crippen molar-refractivity contribution in [2.75, 3.05) is 25.6 Å². The van der Waals surface area contributed by atoms with E-state index >= 15 is 0 Å². The zero-order valence-corrected chi connectivity index (χ0v) is 12.5. The highest BCUT2D eigenvalue weighted by atomic mass is 35.5. The Morgan fingerprint density at radius 2 is 2.11 bits per heavy atom. The predicted molar refractivity (Wildman–Crippen MR) is 76.6 cm³/mol. The summed E-state index contributed by atoms with van der Waals surface area (Å²) in [5.41, 5.74) is 0. The maximum Gasteiger partial charge on any atom is 0.158 e. The van der Waals surface area contributed by atoms with E-state index in [0.717, 1.165) is 31.8 Å². The summed E-state index contributed by atoms with van der Waals surface area (Å²) in [7, 11) is 1.60. The molecule has 0 spiro atoms. The Labute approximate surface area is 119 Å². The second-order valence-electron chi connectivity index (χ2n) is 4.48. The topological polar surface area (TPSA) is 56.3 Å². The summed E-state index contributed by atoms with van der Waals surface area (Å²) < 4.78 is 10.5. The molecule has 1 N–H and O–H groups in total. The Morgan fingerprint density at radius 1 is 1.32 bits per heavy atom. The van der Waals surface area contributed by atoms with Gasteiger partial charge in [0.2, 0.25) is 0 Å². The molecule has 0 amide bonds. The summed E-state index contributed by atoms with van der Waals surface area (Å²) in [6, 6.07) is 1.71. The summed E-state index contributed by atoms with van der Waals surface area (Å²) in [4.78, 5) is 8.38. The van der Waals surface area contributed by atoms with Crippen LogP contribution in [0.2, 0.25) is 5.15 Å². The van der Waals surface area contributed by atoms with Crippen LogP contribution in [0.1, 0.15) is 32.5 Å². The Bertz CT molecular complexity index is 375. The molecule has 0 aliphatic carbocycles. The smallest absolute Gasteiger partial charge is 0.158 e. The van der Waals surface area contributed by atoms with Crippen LogP contribution < -0.4 is 5.32 Å². The highest BCUT2D eigenvalue weighted by molar-refractivity contribution is 6.29. The summed E-state index contributed by atoms with van der Waals surface area (Å²) >= 11 is 5.92. The number of rotatable bonds is 9. The molecule has 1 rings (SSSR count). The first-order valence-corrected chi connectivity index (χ1v) is 6.87. The van der Waals surface area contributed by atoms with Crippen molar-refractivity contribution in [1.82, 2.24) is 9.97 Å². The molecular weight excluding hydrogens is 266 g/mol. The highest BCUT2D eigenvalue weighted by Crippen LogP contribution is 2.12. The van der Waals surface area contributed by atoms with Gasteiger partial charge in [0, 0.05) is 26.3 Å². The van der Waals surface area contributed by atoms with Crippen molar-refractivity contribution in [3.05, 3.63) is 17.0 Å². The van der Waals surface area contributed by atoms with Crippen molar-refractivity contribution in [2.45, 2.75) is 39.4 Å². The van der Waals surface area contributed by atoms with Gasteiger partial charge in [-0.25, -0.2) is 9.97 Å². The van der Waals surface area contributed by atoms with E-state index < -0.39 is 0 Å². The molecule has 0 saturated heterocycles. The SMILES string of the molecule is COCc1nc(Cl)cc(NCCCCOC(C)C)n1. The van der Waals surface area contributed by atoms with Crippen LogP contribution in [0, 0.1) is 0 Å². The van der Waals surface area contributed by atoms with Gasteiger partial charge < -0.3 is 14.8 Å². The molecule has 0 aliphatic heterocycles. The number of halogens is 1. The van der Waals surface area contributed by atoms with Crippen LogP contribution in [0.15, 0.2) is 6.07 Å². The first-order chi connectivity index (χ1) is 9.11. The van der Waals surface area contributed by atoms with Gasteiger partial charge in [0.1, 0.15) is 17.6 Å². The van der Waals surface area contributed by atoms with E-state index in [1.165, 1.54) is 0 Å². The number of unbranched alkanes of at least 4 members (excludes halogenated alkanes) is 1. The van der Waals surface area contributed by atoms with Gasteiger partial charge in [-0.2, -0.15) is 0 Å². The Morgan fingerprint density at radius 3 is 2.79 bits per heavy atom. The third-order valence-electron chi connectivity index (χ3n) is 2.34. The predicted octanol–water partition coefficient (Wildman–Crippen LogP) is 2.89. The minimum absolute atomic E-state index is 0.297. The fourth-order valence-corrected chi connectivity index (χ4v) is 1.71. The first kappa shape index (κ1) is 16.1. The second kappa shape index (κ2) is 9.07. The van der Waals surface area contributed by atoms with Crippen LogP contribution in [0.25, 0.3) is 0 Å². The van der Waals surface area contributed by atoms with Gasteiger partial charge in [-0.3, -0.25) is 0 Å². The van der Waals surface area contributed by atoms with E-state index in [0.29, 0.717) is 23.7 Å². The van der Waals surface area contributed by atoms with Crippen LogP contribution >= 0.6 is 11.6 Å². The van der Waals surface area contributed by atoms with Gasteiger partial charge >= 0.3 is 0 Å². The minimum atomic E-state index is 0.297. The zero-order chi connectivity index (χ0) is 14.1. The number of aromatic nitrogens is 2. The van der Waals surface area contributed by atoms with Crippen molar-refractivity contribution in [2.24, 2.45) is 0 Å².